The Balaban J connectivity index is 0.00000480. The SMILES string of the molecule is CCCCCCCCc1ccc(S(=O)(=O)[O-])c2c(CCCCCCCC)cccc12.[K+]. The van der Waals surface area contributed by atoms with Gasteiger partial charge in [-0.15, -0.1) is 0 Å². The standard InChI is InChI=1S/C26H40O3S.K/c1-3-5-7-9-11-13-16-22-20-21-25(30(27,28)29)26-23(18-15-19-24(22)26)17-14-12-10-8-6-4-2;/h15,18-21H,3-14,16-17H2,1-2H3,(H,27,28,29);/q;+1/p-1. The van der Waals surface area contributed by atoms with Gasteiger partial charge in [0.2, 0.25) is 0 Å². The zero-order chi connectivity index (χ0) is 21.8. The summed E-state index contributed by atoms with van der Waals surface area (Å²) in [5.41, 5.74) is 2.17. The van der Waals surface area contributed by atoms with E-state index in [0.717, 1.165) is 48.6 Å². The molecule has 0 unspecified atom stereocenters. The molecule has 168 valence electrons. The number of unbranched alkanes of at least 4 members (excludes halogenated alkanes) is 10. The van der Waals surface area contributed by atoms with Gasteiger partial charge in [0.15, 0.2) is 0 Å². The van der Waals surface area contributed by atoms with Crippen molar-refractivity contribution in [2.45, 2.75) is 109 Å². The fraction of sp³-hybridized carbons (Fsp3) is 0.615. The van der Waals surface area contributed by atoms with Crippen LogP contribution in [0.15, 0.2) is 35.2 Å². The number of hydrogen-bond donors (Lipinski definition) is 0. The Kier molecular flexibility index (Phi) is 15.1. The van der Waals surface area contributed by atoms with Crippen molar-refractivity contribution in [2.75, 3.05) is 0 Å². The molecule has 0 spiro atoms. The largest absolute Gasteiger partial charge is 1.00 e. The first-order valence-corrected chi connectivity index (χ1v) is 13.4. The van der Waals surface area contributed by atoms with Gasteiger partial charge in [-0.2, -0.15) is 0 Å². The van der Waals surface area contributed by atoms with Crippen molar-refractivity contribution in [3.8, 4) is 0 Å². The first-order chi connectivity index (χ1) is 14.5. The molecule has 31 heavy (non-hydrogen) atoms. The average molecular weight is 471 g/mol. The zero-order valence-electron chi connectivity index (χ0n) is 19.9. The summed E-state index contributed by atoms with van der Waals surface area (Å²) >= 11 is 0. The van der Waals surface area contributed by atoms with E-state index >= 15 is 0 Å². The van der Waals surface area contributed by atoms with E-state index in [1.54, 1.807) is 6.07 Å². The van der Waals surface area contributed by atoms with Gasteiger partial charge < -0.3 is 4.55 Å². The van der Waals surface area contributed by atoms with Gasteiger partial charge in [0.05, 0.1) is 4.90 Å². The zero-order valence-corrected chi connectivity index (χ0v) is 23.9. The van der Waals surface area contributed by atoms with Gasteiger partial charge in [0, 0.05) is 5.39 Å². The van der Waals surface area contributed by atoms with Crippen molar-refractivity contribution < 1.29 is 64.4 Å². The van der Waals surface area contributed by atoms with E-state index < -0.39 is 10.1 Å². The molecule has 0 fully saturated rings. The van der Waals surface area contributed by atoms with Crippen molar-refractivity contribution in [3.63, 3.8) is 0 Å². The van der Waals surface area contributed by atoms with Crippen LogP contribution < -0.4 is 51.4 Å². The van der Waals surface area contributed by atoms with Crippen molar-refractivity contribution >= 4 is 20.9 Å². The molecule has 2 aromatic carbocycles. The molecule has 0 aliphatic rings. The topological polar surface area (TPSA) is 57.2 Å². The van der Waals surface area contributed by atoms with Crippen LogP contribution in [0, 0.1) is 0 Å². The molecule has 0 radical (unpaired) electrons. The van der Waals surface area contributed by atoms with Gasteiger partial charge in [-0.1, -0.05) is 102 Å². The Morgan fingerprint density at radius 1 is 0.677 bits per heavy atom. The summed E-state index contributed by atoms with van der Waals surface area (Å²) < 4.78 is 35.9. The summed E-state index contributed by atoms with van der Waals surface area (Å²) in [6, 6.07) is 9.40. The van der Waals surface area contributed by atoms with Gasteiger partial charge in [-0.25, -0.2) is 8.42 Å². The first-order valence-electron chi connectivity index (χ1n) is 12.0. The van der Waals surface area contributed by atoms with Crippen LogP contribution in [0.3, 0.4) is 0 Å². The summed E-state index contributed by atoms with van der Waals surface area (Å²) in [5.74, 6) is 0. The fourth-order valence-electron chi connectivity index (χ4n) is 4.33. The summed E-state index contributed by atoms with van der Waals surface area (Å²) in [6.45, 7) is 4.43. The third-order valence-corrected chi connectivity index (χ3v) is 6.93. The molecule has 0 saturated carbocycles. The molecule has 2 rings (SSSR count). The van der Waals surface area contributed by atoms with Crippen LogP contribution in [-0.4, -0.2) is 13.0 Å². The number of rotatable bonds is 15. The van der Waals surface area contributed by atoms with E-state index in [2.05, 4.69) is 13.8 Å². The van der Waals surface area contributed by atoms with E-state index in [1.165, 1.54) is 57.8 Å². The molecule has 0 aliphatic carbocycles. The maximum Gasteiger partial charge on any atom is 1.00 e. The molecule has 0 heterocycles. The Morgan fingerprint density at radius 2 is 1.19 bits per heavy atom. The van der Waals surface area contributed by atoms with Gasteiger partial charge >= 0.3 is 51.4 Å². The molecule has 0 amide bonds. The predicted octanol–water partition coefficient (Wildman–Crippen LogP) is 4.55. The second kappa shape index (κ2) is 16.0. The molecular weight excluding hydrogens is 431 g/mol. The summed E-state index contributed by atoms with van der Waals surface area (Å²) in [5, 5.41) is 1.62. The Labute approximate surface area is 233 Å². The number of fused-ring (bicyclic) bond motifs is 1. The molecule has 0 bridgehead atoms. The van der Waals surface area contributed by atoms with Crippen molar-refractivity contribution in [1.29, 1.82) is 0 Å². The third-order valence-electron chi connectivity index (χ3n) is 6.05. The van der Waals surface area contributed by atoms with Gasteiger partial charge in [0.1, 0.15) is 10.1 Å². The van der Waals surface area contributed by atoms with Crippen LogP contribution in [-0.2, 0) is 23.0 Å². The molecule has 0 atom stereocenters. The van der Waals surface area contributed by atoms with Crippen molar-refractivity contribution in [1.82, 2.24) is 0 Å². The molecule has 0 aromatic heterocycles. The monoisotopic (exact) mass is 470 g/mol. The van der Waals surface area contributed by atoms with Crippen LogP contribution in [0.5, 0.6) is 0 Å². The third kappa shape index (κ3) is 9.95. The molecule has 0 saturated heterocycles. The Bertz CT molecular complexity index is 878. The van der Waals surface area contributed by atoms with Crippen molar-refractivity contribution in [3.05, 3.63) is 41.5 Å². The van der Waals surface area contributed by atoms with Crippen LogP contribution in [0.4, 0.5) is 0 Å². The van der Waals surface area contributed by atoms with Crippen LogP contribution >= 0.6 is 0 Å². The normalized spacial score (nSPS) is 11.6. The fourth-order valence-corrected chi connectivity index (χ4v) is 5.06. The molecule has 3 nitrogen and oxygen atoms in total. The number of hydrogen-bond acceptors (Lipinski definition) is 3. The molecule has 0 aliphatic heterocycles. The van der Waals surface area contributed by atoms with E-state index in [0.29, 0.717) is 5.39 Å². The predicted molar refractivity (Wildman–Crippen MR) is 126 cm³/mol. The Morgan fingerprint density at radius 3 is 1.74 bits per heavy atom. The summed E-state index contributed by atoms with van der Waals surface area (Å²) in [6.07, 6.45) is 16.3. The quantitative estimate of drug-likeness (QED) is 0.218. The molecule has 5 heteroatoms. The van der Waals surface area contributed by atoms with Gasteiger partial charge in [-0.3, -0.25) is 0 Å². The van der Waals surface area contributed by atoms with E-state index in [-0.39, 0.29) is 56.3 Å². The molecular formula is C26H39KO3S. The van der Waals surface area contributed by atoms with Crippen LogP contribution in [0.25, 0.3) is 10.8 Å². The molecule has 0 N–H and O–H groups in total. The second-order valence-corrected chi connectivity index (χ2v) is 9.90. The van der Waals surface area contributed by atoms with E-state index in [4.69, 9.17) is 0 Å². The van der Waals surface area contributed by atoms with E-state index in [1.807, 2.05) is 24.3 Å². The maximum absolute atomic E-state index is 12.0. The van der Waals surface area contributed by atoms with E-state index in [9.17, 15) is 13.0 Å². The minimum Gasteiger partial charge on any atom is -0.744 e. The van der Waals surface area contributed by atoms with Gasteiger partial charge in [-0.05, 0) is 48.3 Å². The van der Waals surface area contributed by atoms with Crippen LogP contribution in [0.2, 0.25) is 0 Å². The maximum atomic E-state index is 12.0. The van der Waals surface area contributed by atoms with Crippen molar-refractivity contribution in [2.24, 2.45) is 0 Å². The Hall–Kier alpha value is 0.246. The minimum absolute atomic E-state index is 0. The molecule has 2 aromatic rings. The smallest absolute Gasteiger partial charge is 0.744 e. The number of benzene rings is 2. The minimum atomic E-state index is -4.50. The summed E-state index contributed by atoms with van der Waals surface area (Å²) in [7, 11) is -4.50. The summed E-state index contributed by atoms with van der Waals surface area (Å²) in [4.78, 5) is -0.0502. The average Bonchev–Trinajstić information content (AvgIpc) is 2.72. The first kappa shape index (κ1) is 29.3. The van der Waals surface area contributed by atoms with Gasteiger partial charge in [0.25, 0.3) is 0 Å². The number of aryl methyl sites for hydroxylation is 2. The second-order valence-electron chi connectivity index (χ2n) is 8.55. The van der Waals surface area contributed by atoms with Crippen LogP contribution in [0.1, 0.15) is 102 Å².